The summed E-state index contributed by atoms with van der Waals surface area (Å²) in [6.45, 7) is 0.373. The molecule has 1 aliphatic heterocycles. The number of anilines is 1. The van der Waals surface area contributed by atoms with Crippen molar-refractivity contribution >= 4 is 11.6 Å². The summed E-state index contributed by atoms with van der Waals surface area (Å²) >= 11 is 0. The molecule has 104 valence electrons. The van der Waals surface area contributed by atoms with Gasteiger partial charge < -0.3 is 10.1 Å². The van der Waals surface area contributed by atoms with Crippen LogP contribution < -0.4 is 10.1 Å². The summed E-state index contributed by atoms with van der Waals surface area (Å²) in [6.07, 6.45) is 0.373. The lowest BCUT2D eigenvalue weighted by atomic mass is 10.0. The van der Waals surface area contributed by atoms with Gasteiger partial charge in [-0.1, -0.05) is 30.3 Å². The number of fused-ring (bicyclic) bond motifs is 1. The minimum Gasteiger partial charge on any atom is -0.492 e. The fourth-order valence-corrected chi connectivity index (χ4v) is 2.41. The Morgan fingerprint density at radius 2 is 2.00 bits per heavy atom. The van der Waals surface area contributed by atoms with Gasteiger partial charge in [0, 0.05) is 11.3 Å². The van der Waals surface area contributed by atoms with Crippen LogP contribution in [0.4, 0.5) is 5.69 Å². The third-order valence-corrected chi connectivity index (χ3v) is 3.52. The van der Waals surface area contributed by atoms with E-state index in [-0.39, 0.29) is 11.8 Å². The number of rotatable bonds is 3. The van der Waals surface area contributed by atoms with Crippen LogP contribution in [0.5, 0.6) is 5.75 Å². The van der Waals surface area contributed by atoms with Crippen LogP contribution in [0, 0.1) is 11.3 Å². The van der Waals surface area contributed by atoms with Crippen LogP contribution in [0.3, 0.4) is 0 Å². The van der Waals surface area contributed by atoms with Crippen LogP contribution in [-0.4, -0.2) is 12.5 Å². The topological polar surface area (TPSA) is 62.1 Å². The van der Waals surface area contributed by atoms with Gasteiger partial charge >= 0.3 is 0 Å². The molecule has 1 amide bonds. The van der Waals surface area contributed by atoms with Crippen LogP contribution in [0.15, 0.2) is 48.5 Å². The number of hydrogen-bond donors (Lipinski definition) is 1. The van der Waals surface area contributed by atoms with Crippen molar-refractivity contribution in [1.82, 2.24) is 0 Å². The molecule has 0 aliphatic carbocycles. The SMILES string of the molecule is N#CCc1ccc(NC(=O)C2COc3ccccc32)cc1. The van der Waals surface area contributed by atoms with Crippen LogP contribution in [-0.2, 0) is 11.2 Å². The quantitative estimate of drug-likeness (QED) is 0.939. The predicted octanol–water partition coefficient (Wildman–Crippen LogP) is 2.87. The number of nitriles is 1. The average Bonchev–Trinajstić information content (AvgIpc) is 2.93. The number of hydrogen-bond acceptors (Lipinski definition) is 3. The highest BCUT2D eigenvalue weighted by Gasteiger charge is 2.29. The molecule has 1 N–H and O–H groups in total. The molecule has 4 heteroatoms. The van der Waals surface area contributed by atoms with Crippen LogP contribution in [0.25, 0.3) is 0 Å². The molecular formula is C17H14N2O2. The van der Waals surface area contributed by atoms with E-state index < -0.39 is 0 Å². The van der Waals surface area contributed by atoms with Crippen molar-refractivity contribution in [1.29, 1.82) is 5.26 Å². The minimum atomic E-state index is -0.278. The summed E-state index contributed by atoms with van der Waals surface area (Å²) in [5.41, 5.74) is 2.59. The van der Waals surface area contributed by atoms with Gasteiger partial charge in [-0.2, -0.15) is 5.26 Å². The molecule has 1 heterocycles. The van der Waals surface area contributed by atoms with E-state index in [4.69, 9.17) is 10.00 Å². The zero-order valence-electron chi connectivity index (χ0n) is 11.4. The van der Waals surface area contributed by atoms with Crippen molar-refractivity contribution in [3.8, 4) is 11.8 Å². The van der Waals surface area contributed by atoms with E-state index in [1.54, 1.807) is 0 Å². The maximum Gasteiger partial charge on any atom is 0.235 e. The van der Waals surface area contributed by atoms with E-state index in [9.17, 15) is 4.79 Å². The van der Waals surface area contributed by atoms with Crippen LogP contribution in [0.1, 0.15) is 17.0 Å². The third-order valence-electron chi connectivity index (χ3n) is 3.52. The van der Waals surface area contributed by atoms with Gasteiger partial charge in [0.05, 0.1) is 12.5 Å². The molecule has 1 unspecified atom stereocenters. The highest BCUT2D eigenvalue weighted by Crippen LogP contribution is 2.34. The summed E-state index contributed by atoms with van der Waals surface area (Å²) in [6, 6.07) is 17.0. The van der Waals surface area contributed by atoms with E-state index in [1.165, 1.54) is 0 Å². The largest absolute Gasteiger partial charge is 0.492 e. The Hall–Kier alpha value is -2.80. The molecule has 0 bridgehead atoms. The number of amides is 1. The lowest BCUT2D eigenvalue weighted by molar-refractivity contribution is -0.117. The fraction of sp³-hybridized carbons (Fsp3) is 0.176. The second kappa shape index (κ2) is 5.68. The molecule has 1 atom stereocenters. The molecule has 0 fully saturated rings. The van der Waals surface area contributed by atoms with Crippen molar-refractivity contribution in [3.05, 3.63) is 59.7 Å². The molecule has 0 spiro atoms. The Morgan fingerprint density at radius 3 is 2.76 bits per heavy atom. The van der Waals surface area contributed by atoms with E-state index >= 15 is 0 Å². The van der Waals surface area contributed by atoms with E-state index in [0.29, 0.717) is 13.0 Å². The van der Waals surface area contributed by atoms with Gasteiger partial charge in [0.1, 0.15) is 18.3 Å². The Balaban J connectivity index is 1.71. The fourth-order valence-electron chi connectivity index (χ4n) is 2.41. The molecule has 1 aliphatic rings. The second-order valence-electron chi connectivity index (χ2n) is 4.92. The van der Waals surface area contributed by atoms with Gasteiger partial charge in [-0.15, -0.1) is 0 Å². The van der Waals surface area contributed by atoms with Crippen molar-refractivity contribution in [3.63, 3.8) is 0 Å². The highest BCUT2D eigenvalue weighted by atomic mass is 16.5. The number of carbonyl (C=O) groups is 1. The first kappa shape index (κ1) is 13.2. The van der Waals surface area contributed by atoms with E-state index in [0.717, 1.165) is 22.6 Å². The molecule has 4 nitrogen and oxygen atoms in total. The Morgan fingerprint density at radius 1 is 1.24 bits per heavy atom. The van der Waals surface area contributed by atoms with E-state index in [1.807, 2.05) is 48.5 Å². The smallest absolute Gasteiger partial charge is 0.235 e. The Kier molecular flexibility index (Phi) is 3.57. The minimum absolute atomic E-state index is 0.0759. The molecular weight excluding hydrogens is 264 g/mol. The number of benzene rings is 2. The zero-order valence-corrected chi connectivity index (χ0v) is 11.4. The first-order valence-electron chi connectivity index (χ1n) is 6.76. The first-order valence-corrected chi connectivity index (χ1v) is 6.76. The van der Waals surface area contributed by atoms with Crippen molar-refractivity contribution in [2.45, 2.75) is 12.3 Å². The number of nitrogens with one attached hydrogen (secondary N) is 1. The molecule has 3 rings (SSSR count). The molecule has 0 saturated heterocycles. The van der Waals surface area contributed by atoms with Crippen LogP contribution in [0.2, 0.25) is 0 Å². The second-order valence-corrected chi connectivity index (χ2v) is 4.92. The molecule has 0 radical (unpaired) electrons. The Labute approximate surface area is 123 Å². The van der Waals surface area contributed by atoms with Gasteiger partial charge in [-0.05, 0) is 23.8 Å². The van der Waals surface area contributed by atoms with Gasteiger partial charge in [-0.3, -0.25) is 4.79 Å². The van der Waals surface area contributed by atoms with Crippen LogP contribution >= 0.6 is 0 Å². The number of carbonyl (C=O) groups excluding carboxylic acids is 1. The summed E-state index contributed by atoms with van der Waals surface area (Å²) < 4.78 is 5.52. The number of para-hydroxylation sites is 1. The lowest BCUT2D eigenvalue weighted by Crippen LogP contribution is -2.22. The maximum absolute atomic E-state index is 12.3. The zero-order chi connectivity index (χ0) is 14.7. The summed E-state index contributed by atoms with van der Waals surface area (Å²) in [5.74, 6) is 0.426. The van der Waals surface area contributed by atoms with Crippen molar-refractivity contribution < 1.29 is 9.53 Å². The molecule has 2 aromatic carbocycles. The van der Waals surface area contributed by atoms with E-state index in [2.05, 4.69) is 11.4 Å². The summed E-state index contributed by atoms with van der Waals surface area (Å²) in [4.78, 5) is 12.3. The summed E-state index contributed by atoms with van der Waals surface area (Å²) in [5, 5.41) is 11.5. The molecule has 21 heavy (non-hydrogen) atoms. The van der Waals surface area contributed by atoms with Crippen molar-refractivity contribution in [2.75, 3.05) is 11.9 Å². The van der Waals surface area contributed by atoms with Gasteiger partial charge in [0.2, 0.25) is 5.91 Å². The molecule has 0 saturated carbocycles. The highest BCUT2D eigenvalue weighted by molar-refractivity contribution is 5.96. The Bertz CT molecular complexity index is 701. The lowest BCUT2D eigenvalue weighted by Gasteiger charge is -2.10. The predicted molar refractivity (Wildman–Crippen MR) is 79.1 cm³/mol. The monoisotopic (exact) mass is 278 g/mol. The third kappa shape index (κ3) is 2.72. The molecule has 0 aromatic heterocycles. The number of ether oxygens (including phenoxy) is 1. The first-order chi connectivity index (χ1) is 10.3. The maximum atomic E-state index is 12.3. The van der Waals surface area contributed by atoms with Gasteiger partial charge in [0.15, 0.2) is 0 Å². The van der Waals surface area contributed by atoms with Crippen molar-refractivity contribution in [2.24, 2.45) is 0 Å². The summed E-state index contributed by atoms with van der Waals surface area (Å²) in [7, 11) is 0. The number of nitrogens with zero attached hydrogens (tertiary/aromatic N) is 1. The molecule has 2 aromatic rings. The normalized spacial score (nSPS) is 15.7. The average molecular weight is 278 g/mol. The van der Waals surface area contributed by atoms with Gasteiger partial charge in [-0.25, -0.2) is 0 Å². The standard InChI is InChI=1S/C17H14N2O2/c18-10-9-12-5-7-13(8-6-12)19-17(20)15-11-21-16-4-2-1-3-14(15)16/h1-8,15H,9,11H2,(H,19,20). The van der Waals surface area contributed by atoms with Gasteiger partial charge in [0.25, 0.3) is 0 Å².